The fraction of sp³-hybridized carbons (Fsp3) is 1.00. The summed E-state index contributed by atoms with van der Waals surface area (Å²) in [6, 6.07) is 0. The van der Waals surface area contributed by atoms with Crippen molar-refractivity contribution in [2.75, 3.05) is 0 Å². The van der Waals surface area contributed by atoms with Crippen LogP contribution in [0.15, 0.2) is 0 Å². The van der Waals surface area contributed by atoms with Gasteiger partial charge in [0.2, 0.25) is 0 Å². The van der Waals surface area contributed by atoms with Gasteiger partial charge in [-0.25, -0.2) is 0 Å². The second-order valence-electron chi connectivity index (χ2n) is 3.84. The maximum absolute atomic E-state index is 12.0. The van der Waals surface area contributed by atoms with Gasteiger partial charge in [-0.3, -0.25) is 0 Å². The van der Waals surface area contributed by atoms with E-state index in [2.05, 4.69) is 0 Å². The molecule has 0 N–H and O–H groups in total. The maximum Gasteiger partial charge on any atom is 0.389 e. The first kappa shape index (κ1) is 9.87. The summed E-state index contributed by atoms with van der Waals surface area (Å²) in [5, 5.41) is 0. The van der Waals surface area contributed by atoms with E-state index in [4.69, 9.17) is 0 Å². The lowest BCUT2D eigenvalue weighted by atomic mass is 9.90. The van der Waals surface area contributed by atoms with Gasteiger partial charge in [0.1, 0.15) is 0 Å². The van der Waals surface area contributed by atoms with E-state index in [1.54, 1.807) is 6.92 Å². The number of halogens is 3. The Hall–Kier alpha value is -0.210. The Kier molecular flexibility index (Phi) is 3.02. The molecule has 12 heavy (non-hydrogen) atoms. The molecular weight excluding hydrogens is 165 g/mol. The number of rotatable bonds is 2. The molecule has 1 atom stereocenters. The summed E-state index contributed by atoms with van der Waals surface area (Å²) in [6.45, 7) is 1.73. The molecule has 0 saturated heterocycles. The number of hydrogen-bond donors (Lipinski definition) is 0. The van der Waals surface area contributed by atoms with Crippen LogP contribution in [0.2, 0.25) is 0 Å². The smallest absolute Gasteiger partial charge is 0.171 e. The second-order valence-corrected chi connectivity index (χ2v) is 3.84. The molecule has 1 rings (SSSR count). The zero-order valence-electron chi connectivity index (χ0n) is 7.32. The molecule has 0 amide bonds. The summed E-state index contributed by atoms with van der Waals surface area (Å²) in [6.07, 6.45) is -0.339. The minimum atomic E-state index is -3.97. The van der Waals surface area contributed by atoms with Crippen LogP contribution in [0.3, 0.4) is 0 Å². The minimum Gasteiger partial charge on any atom is -0.171 e. The molecule has 0 aromatic carbocycles. The summed E-state index contributed by atoms with van der Waals surface area (Å²) in [5.74, 6) is 0.152. The predicted octanol–water partition coefficient (Wildman–Crippen LogP) is 3.77. The monoisotopic (exact) mass is 180 g/mol. The topological polar surface area (TPSA) is 0 Å². The molecule has 1 aliphatic carbocycles. The summed E-state index contributed by atoms with van der Waals surface area (Å²) in [4.78, 5) is 0. The second kappa shape index (κ2) is 3.67. The summed E-state index contributed by atoms with van der Waals surface area (Å²) in [7, 11) is 0. The third-order valence-electron chi connectivity index (χ3n) is 2.76. The van der Waals surface area contributed by atoms with Gasteiger partial charge in [-0.15, -0.1) is 0 Å². The normalized spacial score (nSPS) is 23.0. The fourth-order valence-corrected chi connectivity index (χ4v) is 2.06. The minimum absolute atomic E-state index is 0.174. The first-order valence-corrected chi connectivity index (χ1v) is 4.56. The van der Waals surface area contributed by atoms with Gasteiger partial charge in [0, 0.05) is 6.42 Å². The van der Waals surface area contributed by atoms with Crippen LogP contribution in [0.1, 0.15) is 39.0 Å². The highest BCUT2D eigenvalue weighted by Crippen LogP contribution is 2.36. The molecule has 72 valence electrons. The molecule has 0 heterocycles. The molecular formula is C9H15F3. The van der Waals surface area contributed by atoms with Crippen molar-refractivity contribution < 1.29 is 13.2 Å². The number of hydrogen-bond acceptors (Lipinski definition) is 0. The van der Waals surface area contributed by atoms with Crippen LogP contribution in [0.25, 0.3) is 0 Å². The highest BCUT2D eigenvalue weighted by Gasteiger charge is 2.33. The summed E-state index contributed by atoms with van der Waals surface area (Å²) < 4.78 is 35.9. The van der Waals surface area contributed by atoms with E-state index in [0.29, 0.717) is 5.92 Å². The van der Waals surface area contributed by atoms with E-state index < -0.39 is 12.6 Å². The average molecular weight is 180 g/mol. The van der Waals surface area contributed by atoms with Gasteiger partial charge in [0.15, 0.2) is 0 Å². The van der Waals surface area contributed by atoms with Crippen LogP contribution in [0, 0.1) is 11.8 Å². The van der Waals surface area contributed by atoms with Crippen molar-refractivity contribution in [3.05, 3.63) is 0 Å². The zero-order chi connectivity index (χ0) is 9.19. The Morgan fingerprint density at radius 2 is 1.75 bits per heavy atom. The molecule has 0 spiro atoms. The first-order chi connectivity index (χ1) is 5.49. The molecule has 0 radical (unpaired) electrons. The molecule has 1 fully saturated rings. The van der Waals surface area contributed by atoms with Gasteiger partial charge in [-0.05, 0) is 11.8 Å². The van der Waals surface area contributed by atoms with Gasteiger partial charge in [-0.1, -0.05) is 32.6 Å². The van der Waals surface area contributed by atoms with Crippen LogP contribution in [-0.2, 0) is 0 Å². The van der Waals surface area contributed by atoms with Crippen molar-refractivity contribution in [2.24, 2.45) is 11.8 Å². The van der Waals surface area contributed by atoms with Crippen LogP contribution >= 0.6 is 0 Å². The largest absolute Gasteiger partial charge is 0.389 e. The van der Waals surface area contributed by atoms with E-state index in [1.807, 2.05) is 0 Å². The predicted molar refractivity (Wildman–Crippen MR) is 41.8 cm³/mol. The molecule has 3 heteroatoms. The van der Waals surface area contributed by atoms with Crippen molar-refractivity contribution in [3.8, 4) is 0 Å². The highest BCUT2D eigenvalue weighted by molar-refractivity contribution is 4.74. The quantitative estimate of drug-likeness (QED) is 0.606. The molecule has 0 nitrogen and oxygen atoms in total. The Bertz CT molecular complexity index is 133. The van der Waals surface area contributed by atoms with Crippen LogP contribution < -0.4 is 0 Å². The molecule has 0 aromatic heterocycles. The molecule has 1 saturated carbocycles. The average Bonchev–Trinajstić information content (AvgIpc) is 2.32. The number of alkyl halides is 3. The Morgan fingerprint density at radius 3 is 2.17 bits per heavy atom. The molecule has 1 aliphatic rings. The fourth-order valence-electron chi connectivity index (χ4n) is 2.06. The van der Waals surface area contributed by atoms with Gasteiger partial charge in [-0.2, -0.15) is 13.2 Å². The lowest BCUT2D eigenvalue weighted by molar-refractivity contribution is -0.146. The van der Waals surface area contributed by atoms with E-state index in [9.17, 15) is 13.2 Å². The van der Waals surface area contributed by atoms with E-state index in [1.165, 1.54) is 0 Å². The standard InChI is InChI=1S/C9H15F3/c1-7(6-9(10,11)12)8-4-2-3-5-8/h7-8H,2-6H2,1H3. The molecule has 0 aliphatic heterocycles. The zero-order valence-corrected chi connectivity index (χ0v) is 7.32. The van der Waals surface area contributed by atoms with Crippen LogP contribution in [0.5, 0.6) is 0 Å². The highest BCUT2D eigenvalue weighted by atomic mass is 19.4. The van der Waals surface area contributed by atoms with E-state index in [0.717, 1.165) is 25.7 Å². The van der Waals surface area contributed by atoms with E-state index in [-0.39, 0.29) is 5.92 Å². The SMILES string of the molecule is CC(CC(F)(F)F)C1CCCC1. The van der Waals surface area contributed by atoms with Gasteiger partial charge in [0.25, 0.3) is 0 Å². The van der Waals surface area contributed by atoms with Crippen LogP contribution in [0.4, 0.5) is 13.2 Å². The lowest BCUT2D eigenvalue weighted by Gasteiger charge is -2.19. The van der Waals surface area contributed by atoms with Crippen molar-refractivity contribution in [1.82, 2.24) is 0 Å². The Balaban J connectivity index is 2.31. The van der Waals surface area contributed by atoms with Crippen LogP contribution in [-0.4, -0.2) is 6.18 Å². The third-order valence-corrected chi connectivity index (χ3v) is 2.76. The lowest BCUT2D eigenvalue weighted by Crippen LogP contribution is -2.18. The van der Waals surface area contributed by atoms with Crippen molar-refractivity contribution >= 4 is 0 Å². The van der Waals surface area contributed by atoms with Gasteiger partial charge >= 0.3 is 6.18 Å². The molecule has 0 aromatic rings. The molecule has 1 unspecified atom stereocenters. The first-order valence-electron chi connectivity index (χ1n) is 4.56. The van der Waals surface area contributed by atoms with Crippen molar-refractivity contribution in [1.29, 1.82) is 0 Å². The Labute approximate surface area is 71.1 Å². The van der Waals surface area contributed by atoms with E-state index >= 15 is 0 Å². The maximum atomic E-state index is 12.0. The van der Waals surface area contributed by atoms with Gasteiger partial charge < -0.3 is 0 Å². The van der Waals surface area contributed by atoms with Gasteiger partial charge in [0.05, 0.1) is 0 Å². The Morgan fingerprint density at radius 1 is 1.25 bits per heavy atom. The summed E-state index contributed by atoms with van der Waals surface area (Å²) in [5.41, 5.74) is 0. The van der Waals surface area contributed by atoms with Crippen molar-refractivity contribution in [3.63, 3.8) is 0 Å². The third kappa shape index (κ3) is 3.03. The molecule has 0 bridgehead atoms. The van der Waals surface area contributed by atoms with Crippen molar-refractivity contribution in [2.45, 2.75) is 45.2 Å². The summed E-state index contributed by atoms with van der Waals surface area (Å²) >= 11 is 0.